The number of thiazole rings is 1. The molecule has 0 aliphatic carbocycles. The molecule has 0 spiro atoms. The van der Waals surface area contributed by atoms with E-state index in [1.54, 1.807) is 28.6 Å². The van der Waals surface area contributed by atoms with Gasteiger partial charge in [0.1, 0.15) is 5.82 Å². The Kier molecular flexibility index (Phi) is 6.69. The number of ether oxygens (including phenoxy) is 1. The predicted molar refractivity (Wildman–Crippen MR) is 105 cm³/mol. The first-order chi connectivity index (χ1) is 13.4. The Labute approximate surface area is 168 Å². The molecule has 3 rings (SSSR count). The van der Waals surface area contributed by atoms with Crippen molar-refractivity contribution in [3.8, 4) is 0 Å². The van der Waals surface area contributed by atoms with Gasteiger partial charge in [0.2, 0.25) is 0 Å². The largest absolute Gasteiger partial charge is 0.365 e. The van der Waals surface area contributed by atoms with Crippen LogP contribution in [-0.2, 0) is 16.0 Å². The summed E-state index contributed by atoms with van der Waals surface area (Å²) < 4.78 is 5.56. The van der Waals surface area contributed by atoms with Crippen molar-refractivity contribution in [3.63, 3.8) is 0 Å². The van der Waals surface area contributed by atoms with Crippen molar-refractivity contribution in [2.75, 3.05) is 26.2 Å². The number of hydrogen-bond donors (Lipinski definition) is 1. The van der Waals surface area contributed by atoms with Gasteiger partial charge in [0.05, 0.1) is 23.7 Å². The first-order valence-electron chi connectivity index (χ1n) is 9.35. The maximum absolute atomic E-state index is 12.7. The fourth-order valence-corrected chi connectivity index (χ4v) is 3.62. The van der Waals surface area contributed by atoms with Crippen molar-refractivity contribution in [2.24, 2.45) is 0 Å². The lowest BCUT2D eigenvalue weighted by atomic mass is 10.2. The highest BCUT2D eigenvalue weighted by Gasteiger charge is 2.30. The second kappa shape index (κ2) is 9.20. The molecule has 1 atom stereocenters. The number of nitrogens with zero attached hydrogens (tertiary/aromatic N) is 4. The summed E-state index contributed by atoms with van der Waals surface area (Å²) in [6.45, 7) is 7.40. The highest BCUT2D eigenvalue weighted by Crippen LogP contribution is 2.13. The molecule has 1 unspecified atom stereocenters. The van der Waals surface area contributed by atoms with Crippen LogP contribution in [-0.4, -0.2) is 64.0 Å². The second-order valence-corrected chi connectivity index (χ2v) is 7.96. The molecule has 2 aromatic rings. The molecule has 28 heavy (non-hydrogen) atoms. The van der Waals surface area contributed by atoms with Crippen LogP contribution in [0.3, 0.4) is 0 Å². The summed E-state index contributed by atoms with van der Waals surface area (Å²) in [6, 6.07) is 0. The van der Waals surface area contributed by atoms with Crippen LogP contribution in [0.15, 0.2) is 17.8 Å². The van der Waals surface area contributed by atoms with Gasteiger partial charge in [0.25, 0.3) is 11.8 Å². The number of amides is 2. The number of carbonyl (C=O) groups is 2. The van der Waals surface area contributed by atoms with Crippen LogP contribution in [0.25, 0.3) is 0 Å². The molecule has 1 aliphatic rings. The number of nitrogens with one attached hydrogen (secondary N) is 1. The van der Waals surface area contributed by atoms with Gasteiger partial charge in [-0.25, -0.2) is 15.0 Å². The molecule has 0 bridgehead atoms. The monoisotopic (exact) mass is 403 g/mol. The molecule has 1 aliphatic heterocycles. The Balaban J connectivity index is 1.52. The minimum Gasteiger partial charge on any atom is -0.365 e. The average Bonchev–Trinajstić information content (AvgIpc) is 3.12. The van der Waals surface area contributed by atoms with Crippen molar-refractivity contribution in [1.29, 1.82) is 0 Å². The number of carbonyl (C=O) groups excluding carboxylic acids is 2. The van der Waals surface area contributed by atoms with E-state index in [2.05, 4.69) is 20.3 Å². The molecule has 1 saturated heterocycles. The third kappa shape index (κ3) is 5.11. The molecule has 2 aromatic heterocycles. The van der Waals surface area contributed by atoms with Gasteiger partial charge in [-0.2, -0.15) is 0 Å². The molecule has 9 heteroatoms. The van der Waals surface area contributed by atoms with Crippen LogP contribution in [0.4, 0.5) is 0 Å². The smallest absolute Gasteiger partial charge is 0.257 e. The Morgan fingerprint density at radius 2 is 2.11 bits per heavy atom. The molecule has 0 radical (unpaired) electrons. The van der Waals surface area contributed by atoms with Crippen LogP contribution in [0, 0.1) is 6.92 Å². The van der Waals surface area contributed by atoms with Gasteiger partial charge in [0.15, 0.2) is 6.10 Å². The van der Waals surface area contributed by atoms with Crippen molar-refractivity contribution < 1.29 is 14.3 Å². The number of aryl methyl sites for hydroxylation is 1. The van der Waals surface area contributed by atoms with E-state index in [9.17, 15) is 9.59 Å². The summed E-state index contributed by atoms with van der Waals surface area (Å²) >= 11 is 1.58. The van der Waals surface area contributed by atoms with E-state index in [0.29, 0.717) is 37.5 Å². The Morgan fingerprint density at radius 1 is 1.36 bits per heavy atom. The van der Waals surface area contributed by atoms with Crippen LogP contribution in [0.2, 0.25) is 0 Å². The molecular weight excluding hydrogens is 378 g/mol. The van der Waals surface area contributed by atoms with E-state index < -0.39 is 6.10 Å². The first kappa shape index (κ1) is 20.3. The molecule has 8 nitrogen and oxygen atoms in total. The van der Waals surface area contributed by atoms with E-state index in [1.165, 1.54) is 0 Å². The van der Waals surface area contributed by atoms with Gasteiger partial charge < -0.3 is 15.0 Å². The average molecular weight is 404 g/mol. The zero-order valence-corrected chi connectivity index (χ0v) is 17.2. The van der Waals surface area contributed by atoms with E-state index >= 15 is 0 Å². The standard InChI is InChI=1S/C19H25N5O3S/c1-12(2)17-21-8-14(9-22-17)19(26)24-6-7-27-15(10-24)18(25)20-5-4-16-23-13(3)11-28-16/h8-9,11-12,15H,4-7,10H2,1-3H3,(H,20,25). The maximum atomic E-state index is 12.7. The molecule has 3 heterocycles. The van der Waals surface area contributed by atoms with E-state index in [0.717, 1.165) is 10.7 Å². The molecule has 2 amide bonds. The summed E-state index contributed by atoms with van der Waals surface area (Å²) in [5.41, 5.74) is 1.41. The molecule has 0 saturated carbocycles. The van der Waals surface area contributed by atoms with Crippen LogP contribution >= 0.6 is 11.3 Å². The molecular formula is C19H25N5O3S. The molecule has 1 fully saturated rings. The minimum absolute atomic E-state index is 0.185. The zero-order chi connectivity index (χ0) is 20.1. The Bertz CT molecular complexity index is 821. The summed E-state index contributed by atoms with van der Waals surface area (Å²) in [6.07, 6.45) is 3.10. The summed E-state index contributed by atoms with van der Waals surface area (Å²) in [5, 5.41) is 5.85. The topological polar surface area (TPSA) is 97.3 Å². The van der Waals surface area contributed by atoms with E-state index in [1.807, 2.05) is 26.2 Å². The number of hydrogen-bond acceptors (Lipinski definition) is 7. The zero-order valence-electron chi connectivity index (χ0n) is 16.3. The number of morpholine rings is 1. The van der Waals surface area contributed by atoms with Crippen molar-refractivity contribution in [2.45, 2.75) is 39.2 Å². The van der Waals surface area contributed by atoms with E-state index in [-0.39, 0.29) is 24.3 Å². The van der Waals surface area contributed by atoms with Gasteiger partial charge in [-0.05, 0) is 6.92 Å². The summed E-state index contributed by atoms with van der Waals surface area (Å²) in [5.74, 6) is 0.506. The highest BCUT2D eigenvalue weighted by atomic mass is 32.1. The maximum Gasteiger partial charge on any atom is 0.257 e. The summed E-state index contributed by atoms with van der Waals surface area (Å²) in [4.78, 5) is 39.6. The SMILES string of the molecule is Cc1csc(CCNC(=O)C2CN(C(=O)c3cnc(C(C)C)nc3)CCO2)n1. The first-order valence-corrected chi connectivity index (χ1v) is 10.2. The van der Waals surface area contributed by atoms with Gasteiger partial charge in [0, 0.05) is 48.9 Å². The number of aromatic nitrogens is 3. The van der Waals surface area contributed by atoms with Gasteiger partial charge in [-0.3, -0.25) is 9.59 Å². The highest BCUT2D eigenvalue weighted by molar-refractivity contribution is 7.09. The predicted octanol–water partition coefficient (Wildman–Crippen LogP) is 1.56. The van der Waals surface area contributed by atoms with Crippen LogP contribution in [0.5, 0.6) is 0 Å². The van der Waals surface area contributed by atoms with Crippen LogP contribution in [0.1, 0.15) is 46.6 Å². The summed E-state index contributed by atoms with van der Waals surface area (Å²) in [7, 11) is 0. The minimum atomic E-state index is -0.674. The molecule has 1 N–H and O–H groups in total. The van der Waals surface area contributed by atoms with Crippen molar-refractivity contribution >= 4 is 23.2 Å². The third-order valence-corrected chi connectivity index (χ3v) is 5.41. The molecule has 0 aromatic carbocycles. The molecule has 150 valence electrons. The normalized spacial score (nSPS) is 17.0. The fourth-order valence-electron chi connectivity index (χ4n) is 2.85. The third-order valence-electron chi connectivity index (χ3n) is 4.39. The second-order valence-electron chi connectivity index (χ2n) is 7.02. The van der Waals surface area contributed by atoms with Crippen molar-refractivity contribution in [3.05, 3.63) is 39.9 Å². The van der Waals surface area contributed by atoms with Gasteiger partial charge in [-0.15, -0.1) is 11.3 Å². The lowest BCUT2D eigenvalue weighted by Crippen LogP contribution is -2.51. The van der Waals surface area contributed by atoms with Gasteiger partial charge in [-0.1, -0.05) is 13.8 Å². The van der Waals surface area contributed by atoms with Crippen LogP contribution < -0.4 is 5.32 Å². The number of rotatable bonds is 6. The Morgan fingerprint density at radius 3 is 2.75 bits per heavy atom. The lowest BCUT2D eigenvalue weighted by Gasteiger charge is -2.32. The van der Waals surface area contributed by atoms with Gasteiger partial charge >= 0.3 is 0 Å². The lowest BCUT2D eigenvalue weighted by molar-refractivity contribution is -0.137. The Hall–Kier alpha value is -2.39. The van der Waals surface area contributed by atoms with E-state index in [4.69, 9.17) is 4.74 Å². The van der Waals surface area contributed by atoms with Crippen molar-refractivity contribution in [1.82, 2.24) is 25.2 Å². The fraction of sp³-hybridized carbons (Fsp3) is 0.526. The quantitative estimate of drug-likeness (QED) is 0.786.